The van der Waals surface area contributed by atoms with E-state index in [2.05, 4.69) is 5.43 Å². The molecule has 1 atom stereocenters. The third-order valence-corrected chi connectivity index (χ3v) is 2.80. The van der Waals surface area contributed by atoms with E-state index in [1.54, 1.807) is 18.2 Å². The van der Waals surface area contributed by atoms with E-state index in [0.29, 0.717) is 16.7 Å². The van der Waals surface area contributed by atoms with Crippen molar-refractivity contribution < 1.29 is 4.74 Å². The molecule has 1 aromatic rings. The molecule has 1 rings (SSSR count). The first-order chi connectivity index (χ1) is 7.83. The molecule has 0 spiro atoms. The smallest absolute Gasteiger partial charge is 0.0709 e. The molecule has 3 nitrogen and oxygen atoms in total. The van der Waals surface area contributed by atoms with E-state index in [9.17, 15) is 0 Å². The summed E-state index contributed by atoms with van der Waals surface area (Å²) in [5.41, 5.74) is 3.31. The highest BCUT2D eigenvalue weighted by atomic mass is 35.5. The molecule has 0 aliphatic carbocycles. The summed E-state index contributed by atoms with van der Waals surface area (Å²) in [5, 5.41) is 1.25. The lowest BCUT2D eigenvalue weighted by Gasteiger charge is -2.25. The number of hydrogen-bond acceptors (Lipinski definition) is 3. The Morgan fingerprint density at radius 1 is 1.35 bits per heavy atom. The summed E-state index contributed by atoms with van der Waals surface area (Å²) in [6.45, 7) is 6.39. The summed E-state index contributed by atoms with van der Waals surface area (Å²) >= 11 is 12.0. The Labute approximate surface area is 112 Å². The number of halogens is 2. The highest BCUT2D eigenvalue weighted by molar-refractivity contribution is 6.33. The van der Waals surface area contributed by atoms with Crippen molar-refractivity contribution in [3.63, 3.8) is 0 Å². The van der Waals surface area contributed by atoms with Gasteiger partial charge < -0.3 is 4.74 Å². The maximum atomic E-state index is 6.11. The van der Waals surface area contributed by atoms with Crippen LogP contribution in [0.2, 0.25) is 10.0 Å². The van der Waals surface area contributed by atoms with Crippen LogP contribution in [0.15, 0.2) is 18.2 Å². The molecule has 17 heavy (non-hydrogen) atoms. The quantitative estimate of drug-likeness (QED) is 0.655. The van der Waals surface area contributed by atoms with Gasteiger partial charge in [0, 0.05) is 10.0 Å². The van der Waals surface area contributed by atoms with Crippen LogP contribution in [-0.2, 0) is 4.74 Å². The predicted octanol–water partition coefficient (Wildman–Crippen LogP) is 3.31. The number of benzene rings is 1. The zero-order valence-electron chi connectivity index (χ0n) is 10.3. The molecular formula is C12H18Cl2N2O. The molecule has 0 saturated carbocycles. The van der Waals surface area contributed by atoms with Gasteiger partial charge in [0.25, 0.3) is 0 Å². The van der Waals surface area contributed by atoms with Crippen LogP contribution in [0.1, 0.15) is 32.4 Å². The third kappa shape index (κ3) is 4.82. The standard InChI is InChI=1S/C12H18Cl2N2O/c1-12(2,3)17-7-11(16-15)9-6-8(13)4-5-10(9)14/h4-6,11,16H,7,15H2,1-3H3. The van der Waals surface area contributed by atoms with Crippen LogP contribution in [0, 0.1) is 0 Å². The van der Waals surface area contributed by atoms with Gasteiger partial charge in [-0.05, 0) is 44.5 Å². The van der Waals surface area contributed by atoms with Crippen molar-refractivity contribution in [3.8, 4) is 0 Å². The van der Waals surface area contributed by atoms with Crippen LogP contribution in [0.25, 0.3) is 0 Å². The molecule has 0 amide bonds. The van der Waals surface area contributed by atoms with E-state index in [4.69, 9.17) is 33.8 Å². The maximum Gasteiger partial charge on any atom is 0.0709 e. The molecule has 5 heteroatoms. The van der Waals surface area contributed by atoms with Gasteiger partial charge >= 0.3 is 0 Å². The summed E-state index contributed by atoms with van der Waals surface area (Å²) in [4.78, 5) is 0. The van der Waals surface area contributed by atoms with Crippen molar-refractivity contribution in [2.45, 2.75) is 32.4 Å². The van der Waals surface area contributed by atoms with Crippen LogP contribution < -0.4 is 11.3 Å². The molecule has 1 aromatic carbocycles. The second-order valence-electron chi connectivity index (χ2n) is 4.81. The van der Waals surface area contributed by atoms with Gasteiger partial charge in [0.05, 0.1) is 18.2 Å². The zero-order chi connectivity index (χ0) is 13.1. The minimum absolute atomic E-state index is 0.180. The molecule has 3 N–H and O–H groups in total. The van der Waals surface area contributed by atoms with Crippen molar-refractivity contribution in [2.24, 2.45) is 5.84 Å². The zero-order valence-corrected chi connectivity index (χ0v) is 11.8. The summed E-state index contributed by atoms with van der Waals surface area (Å²) < 4.78 is 5.69. The average molecular weight is 277 g/mol. The topological polar surface area (TPSA) is 47.3 Å². The summed E-state index contributed by atoms with van der Waals surface area (Å²) in [5.74, 6) is 5.52. The van der Waals surface area contributed by atoms with Gasteiger partial charge in [-0.2, -0.15) is 0 Å². The molecule has 0 radical (unpaired) electrons. The maximum absolute atomic E-state index is 6.11. The lowest BCUT2D eigenvalue weighted by atomic mass is 10.1. The van der Waals surface area contributed by atoms with E-state index in [1.807, 2.05) is 20.8 Å². The van der Waals surface area contributed by atoms with Crippen molar-refractivity contribution in [2.75, 3.05) is 6.61 Å². The Morgan fingerprint density at radius 3 is 2.53 bits per heavy atom. The molecule has 0 saturated heterocycles. The fraction of sp³-hybridized carbons (Fsp3) is 0.500. The van der Waals surface area contributed by atoms with Gasteiger partial charge in [-0.3, -0.25) is 11.3 Å². The van der Waals surface area contributed by atoms with Crippen LogP contribution in [0.4, 0.5) is 0 Å². The fourth-order valence-electron chi connectivity index (χ4n) is 1.34. The van der Waals surface area contributed by atoms with Crippen LogP contribution in [0.3, 0.4) is 0 Å². The van der Waals surface area contributed by atoms with E-state index in [-0.39, 0.29) is 11.6 Å². The highest BCUT2D eigenvalue weighted by Gasteiger charge is 2.18. The summed E-state index contributed by atoms with van der Waals surface area (Å²) in [6, 6.07) is 5.10. The SMILES string of the molecule is CC(C)(C)OCC(NN)c1cc(Cl)ccc1Cl. The molecule has 96 valence electrons. The highest BCUT2D eigenvalue weighted by Crippen LogP contribution is 2.27. The van der Waals surface area contributed by atoms with E-state index in [1.165, 1.54) is 0 Å². The van der Waals surface area contributed by atoms with Crippen molar-refractivity contribution in [1.29, 1.82) is 0 Å². The number of ether oxygens (including phenoxy) is 1. The lowest BCUT2D eigenvalue weighted by molar-refractivity contribution is -0.0148. The van der Waals surface area contributed by atoms with Gasteiger partial charge in [0.1, 0.15) is 0 Å². The van der Waals surface area contributed by atoms with Crippen molar-refractivity contribution >= 4 is 23.2 Å². The third-order valence-electron chi connectivity index (χ3n) is 2.22. The second kappa shape index (κ2) is 6.03. The van der Waals surface area contributed by atoms with Gasteiger partial charge in [-0.25, -0.2) is 0 Å². The Hall–Kier alpha value is -0.320. The normalized spacial score (nSPS) is 13.8. The van der Waals surface area contributed by atoms with Gasteiger partial charge in [-0.15, -0.1) is 0 Å². The Morgan fingerprint density at radius 2 is 2.00 bits per heavy atom. The number of nitrogens with two attached hydrogens (primary N) is 1. The lowest BCUT2D eigenvalue weighted by Crippen LogP contribution is -2.34. The van der Waals surface area contributed by atoms with Gasteiger partial charge in [0.2, 0.25) is 0 Å². The van der Waals surface area contributed by atoms with Gasteiger partial charge in [-0.1, -0.05) is 23.2 Å². The molecule has 0 aliphatic heterocycles. The fourth-order valence-corrected chi connectivity index (χ4v) is 1.77. The molecule has 0 aromatic heterocycles. The van der Waals surface area contributed by atoms with E-state index >= 15 is 0 Å². The Balaban J connectivity index is 2.82. The Bertz CT molecular complexity index is 377. The van der Waals surface area contributed by atoms with E-state index in [0.717, 1.165) is 5.56 Å². The molecule has 0 aliphatic rings. The number of hydrazine groups is 1. The van der Waals surface area contributed by atoms with Crippen molar-refractivity contribution in [3.05, 3.63) is 33.8 Å². The Kier molecular flexibility index (Phi) is 5.22. The molecule has 0 heterocycles. The van der Waals surface area contributed by atoms with Crippen LogP contribution in [0.5, 0.6) is 0 Å². The number of hydrogen-bond donors (Lipinski definition) is 2. The van der Waals surface area contributed by atoms with Crippen LogP contribution in [-0.4, -0.2) is 12.2 Å². The van der Waals surface area contributed by atoms with Crippen LogP contribution >= 0.6 is 23.2 Å². The van der Waals surface area contributed by atoms with Gasteiger partial charge in [0.15, 0.2) is 0 Å². The largest absolute Gasteiger partial charge is 0.374 e. The number of nitrogens with one attached hydrogen (secondary N) is 1. The predicted molar refractivity (Wildman–Crippen MR) is 72.2 cm³/mol. The average Bonchev–Trinajstić information content (AvgIpc) is 2.22. The minimum Gasteiger partial charge on any atom is -0.374 e. The minimum atomic E-state index is -0.222. The first-order valence-corrected chi connectivity index (χ1v) is 6.14. The first kappa shape index (κ1) is 14.7. The monoisotopic (exact) mass is 276 g/mol. The molecule has 0 fully saturated rings. The van der Waals surface area contributed by atoms with E-state index < -0.39 is 0 Å². The first-order valence-electron chi connectivity index (χ1n) is 5.38. The summed E-state index contributed by atoms with van der Waals surface area (Å²) in [7, 11) is 0. The molecule has 0 bridgehead atoms. The second-order valence-corrected chi connectivity index (χ2v) is 5.65. The molecule has 1 unspecified atom stereocenters. The number of rotatable bonds is 4. The van der Waals surface area contributed by atoms with Crippen molar-refractivity contribution in [1.82, 2.24) is 5.43 Å². The summed E-state index contributed by atoms with van der Waals surface area (Å²) in [6.07, 6.45) is 0. The molecular weight excluding hydrogens is 259 g/mol.